The number of anilines is 3. The van der Waals surface area contributed by atoms with E-state index in [4.69, 9.17) is 19.4 Å². The highest BCUT2D eigenvalue weighted by Gasteiger charge is 2.35. The molecule has 4 heterocycles. The standard InChI is InChI=1S/C48H28N4O2/c1-3-14-30(15-4-1)43-35-21-7-10-23-37(35)49-48(50-43)52-39-25-12-9-20-33(39)36-28-40-45-47(44(36)52)53-41-27-26-29-16-13-22-34(42(29)46(41)54-45)32-19-8-11-24-38(32)51(40)31-17-5-2-6-18-31/h1-28H. The number of rotatable bonds is 3. The highest BCUT2D eigenvalue weighted by Crippen LogP contribution is 2.61. The molecule has 6 nitrogen and oxygen atoms in total. The molecule has 2 bridgehead atoms. The Kier molecular flexibility index (Phi) is 5.96. The molecule has 2 aliphatic heterocycles. The lowest BCUT2D eigenvalue weighted by molar-refractivity contribution is 0.367. The number of hydrogen-bond donors (Lipinski definition) is 0. The molecule has 2 aromatic heterocycles. The average molecular weight is 693 g/mol. The van der Waals surface area contributed by atoms with E-state index in [9.17, 15) is 0 Å². The molecule has 0 spiro atoms. The number of hydrogen-bond acceptors (Lipinski definition) is 5. The Hall–Kier alpha value is -7.44. The first-order valence-corrected chi connectivity index (χ1v) is 18.1. The predicted molar refractivity (Wildman–Crippen MR) is 217 cm³/mol. The van der Waals surface area contributed by atoms with E-state index in [1.165, 1.54) is 0 Å². The highest BCUT2D eigenvalue weighted by atomic mass is 16.6. The normalized spacial score (nSPS) is 12.7. The van der Waals surface area contributed by atoms with Crippen LogP contribution in [0.25, 0.3) is 71.8 Å². The highest BCUT2D eigenvalue weighted by molar-refractivity contribution is 6.16. The number of ether oxygens (including phenoxy) is 2. The van der Waals surface area contributed by atoms with Crippen LogP contribution in [0.15, 0.2) is 170 Å². The Balaban J connectivity index is 1.25. The molecule has 2 aliphatic rings. The van der Waals surface area contributed by atoms with Gasteiger partial charge < -0.3 is 14.4 Å². The molecule has 0 unspecified atom stereocenters. The van der Waals surface area contributed by atoms with Gasteiger partial charge >= 0.3 is 0 Å². The largest absolute Gasteiger partial charge is 0.447 e. The fraction of sp³-hybridized carbons (Fsp3) is 0. The van der Waals surface area contributed by atoms with Gasteiger partial charge in [0.05, 0.1) is 28.1 Å². The van der Waals surface area contributed by atoms with Gasteiger partial charge in [0.2, 0.25) is 5.95 Å². The predicted octanol–water partition coefficient (Wildman–Crippen LogP) is 12.9. The lowest BCUT2D eigenvalue weighted by Gasteiger charge is -2.31. The van der Waals surface area contributed by atoms with E-state index in [-0.39, 0.29) is 0 Å². The SMILES string of the molecule is c1ccc(-c2nc(-n3c4ccccc4c4cc5c6c(c43)Oc3ccc4cccc(c4c3O6)-c3ccccc3N5c3ccccc3)nc3ccccc23)cc1. The number of aromatic nitrogens is 3. The van der Waals surface area contributed by atoms with Gasteiger partial charge in [-0.15, -0.1) is 0 Å². The zero-order chi connectivity index (χ0) is 35.3. The second-order valence-electron chi connectivity index (χ2n) is 13.7. The van der Waals surface area contributed by atoms with Gasteiger partial charge in [-0.1, -0.05) is 127 Å². The zero-order valence-corrected chi connectivity index (χ0v) is 28.8. The molecule has 0 N–H and O–H groups in total. The molecule has 54 heavy (non-hydrogen) atoms. The zero-order valence-electron chi connectivity index (χ0n) is 28.8. The number of fused-ring (bicyclic) bond motifs is 7. The van der Waals surface area contributed by atoms with Crippen molar-refractivity contribution in [2.24, 2.45) is 0 Å². The summed E-state index contributed by atoms with van der Waals surface area (Å²) in [6.45, 7) is 0. The van der Waals surface area contributed by atoms with Gasteiger partial charge in [-0.3, -0.25) is 4.57 Å². The lowest BCUT2D eigenvalue weighted by Crippen LogP contribution is -2.13. The van der Waals surface area contributed by atoms with Crippen molar-refractivity contribution in [3.8, 4) is 51.3 Å². The van der Waals surface area contributed by atoms with Crippen molar-refractivity contribution in [2.75, 3.05) is 4.90 Å². The van der Waals surface area contributed by atoms with Gasteiger partial charge in [0, 0.05) is 38.4 Å². The van der Waals surface area contributed by atoms with Crippen molar-refractivity contribution in [3.05, 3.63) is 170 Å². The summed E-state index contributed by atoms with van der Waals surface area (Å²) in [4.78, 5) is 12.9. The van der Waals surface area contributed by atoms with Crippen LogP contribution in [-0.4, -0.2) is 14.5 Å². The minimum atomic E-state index is 0.554. The van der Waals surface area contributed by atoms with Crippen molar-refractivity contribution in [3.63, 3.8) is 0 Å². The maximum atomic E-state index is 7.25. The van der Waals surface area contributed by atoms with Crippen molar-refractivity contribution < 1.29 is 9.47 Å². The maximum absolute atomic E-state index is 7.25. The smallest absolute Gasteiger partial charge is 0.235 e. The van der Waals surface area contributed by atoms with Crippen molar-refractivity contribution in [1.82, 2.24) is 14.5 Å². The van der Waals surface area contributed by atoms with Gasteiger partial charge in [0.1, 0.15) is 5.52 Å². The van der Waals surface area contributed by atoms with E-state index in [0.29, 0.717) is 28.9 Å². The lowest BCUT2D eigenvalue weighted by atomic mass is 9.95. The molecule has 0 atom stereocenters. The Labute approximate surface area is 309 Å². The van der Waals surface area contributed by atoms with Gasteiger partial charge in [-0.05, 0) is 53.4 Å². The van der Waals surface area contributed by atoms with E-state index in [1.54, 1.807) is 0 Å². The molecule has 252 valence electrons. The molecule has 6 heteroatoms. The van der Waals surface area contributed by atoms with Gasteiger partial charge in [-0.25, -0.2) is 9.97 Å². The maximum Gasteiger partial charge on any atom is 0.235 e. The van der Waals surface area contributed by atoms with Crippen LogP contribution >= 0.6 is 0 Å². The Morgan fingerprint density at radius 3 is 2.11 bits per heavy atom. The minimum absolute atomic E-state index is 0.554. The van der Waals surface area contributed by atoms with E-state index in [0.717, 1.165) is 82.9 Å². The fourth-order valence-corrected chi connectivity index (χ4v) is 8.43. The van der Waals surface area contributed by atoms with Crippen molar-refractivity contribution in [2.45, 2.75) is 0 Å². The fourth-order valence-electron chi connectivity index (χ4n) is 8.43. The first-order chi connectivity index (χ1) is 26.8. The van der Waals surface area contributed by atoms with Crippen LogP contribution in [-0.2, 0) is 0 Å². The topological polar surface area (TPSA) is 52.4 Å². The Morgan fingerprint density at radius 2 is 1.22 bits per heavy atom. The first-order valence-electron chi connectivity index (χ1n) is 18.1. The molecule has 0 amide bonds. The van der Waals surface area contributed by atoms with Crippen LogP contribution in [0.3, 0.4) is 0 Å². The second kappa shape index (κ2) is 11.0. The van der Waals surface area contributed by atoms with Crippen LogP contribution in [0.4, 0.5) is 17.1 Å². The van der Waals surface area contributed by atoms with E-state index in [2.05, 4.69) is 137 Å². The summed E-state index contributed by atoms with van der Waals surface area (Å²) in [6.07, 6.45) is 0. The molecule has 12 rings (SSSR count). The summed E-state index contributed by atoms with van der Waals surface area (Å²) in [6, 6.07) is 58.9. The summed E-state index contributed by atoms with van der Waals surface area (Å²) in [5.41, 5.74) is 9.66. The van der Waals surface area contributed by atoms with Crippen LogP contribution in [0.2, 0.25) is 0 Å². The number of para-hydroxylation sites is 4. The van der Waals surface area contributed by atoms with Crippen molar-refractivity contribution >= 4 is 60.5 Å². The second-order valence-corrected chi connectivity index (χ2v) is 13.7. The summed E-state index contributed by atoms with van der Waals surface area (Å²) in [7, 11) is 0. The van der Waals surface area contributed by atoms with Crippen molar-refractivity contribution in [1.29, 1.82) is 0 Å². The molecule has 0 fully saturated rings. The van der Waals surface area contributed by atoms with Gasteiger partial charge in [-0.2, -0.15) is 0 Å². The average Bonchev–Trinajstić information content (AvgIpc) is 3.59. The van der Waals surface area contributed by atoms with Crippen LogP contribution in [0.5, 0.6) is 23.0 Å². The monoisotopic (exact) mass is 692 g/mol. The third-order valence-electron chi connectivity index (χ3n) is 10.8. The molecule has 0 radical (unpaired) electrons. The summed E-state index contributed by atoms with van der Waals surface area (Å²) >= 11 is 0. The molecule has 0 saturated heterocycles. The van der Waals surface area contributed by atoms with E-state index < -0.39 is 0 Å². The van der Waals surface area contributed by atoms with Gasteiger partial charge in [0.15, 0.2) is 23.0 Å². The molecular weight excluding hydrogens is 665 g/mol. The number of nitrogens with zero attached hydrogens (tertiary/aromatic N) is 4. The first kappa shape index (κ1) is 29.2. The minimum Gasteiger partial charge on any atom is -0.447 e. The van der Waals surface area contributed by atoms with Crippen LogP contribution in [0.1, 0.15) is 0 Å². The van der Waals surface area contributed by atoms with E-state index in [1.807, 2.05) is 42.5 Å². The quantitative estimate of drug-likeness (QED) is 0.184. The Bertz CT molecular complexity index is 3170. The molecule has 0 saturated carbocycles. The third-order valence-corrected chi connectivity index (χ3v) is 10.8. The van der Waals surface area contributed by atoms with Gasteiger partial charge in [0.25, 0.3) is 0 Å². The molecule has 0 aliphatic carbocycles. The van der Waals surface area contributed by atoms with E-state index >= 15 is 0 Å². The Morgan fingerprint density at radius 1 is 0.481 bits per heavy atom. The van der Waals surface area contributed by atoms with Crippen LogP contribution < -0.4 is 14.4 Å². The number of benzene rings is 8. The molecule has 8 aromatic carbocycles. The molecule has 10 aromatic rings. The van der Waals surface area contributed by atoms with Crippen LogP contribution in [0, 0.1) is 0 Å². The summed E-state index contributed by atoms with van der Waals surface area (Å²) in [5, 5.41) is 5.14. The summed E-state index contributed by atoms with van der Waals surface area (Å²) in [5.74, 6) is 3.16. The summed E-state index contributed by atoms with van der Waals surface area (Å²) < 4.78 is 16.6. The third kappa shape index (κ3) is 4.05. The molecular formula is C48H28N4O2.